The number of ketones is 1. The van der Waals surface area contributed by atoms with Gasteiger partial charge >= 0.3 is 0 Å². The number of hydrogen-bond donors (Lipinski definition) is 0. The monoisotopic (exact) mass is 227 g/mol. The summed E-state index contributed by atoms with van der Waals surface area (Å²) in [6, 6.07) is 0. The van der Waals surface area contributed by atoms with Crippen LogP contribution >= 0.6 is 0 Å². The van der Waals surface area contributed by atoms with E-state index in [2.05, 4.69) is 18.7 Å². The summed E-state index contributed by atoms with van der Waals surface area (Å²) in [6.07, 6.45) is 3.28. The van der Waals surface area contributed by atoms with E-state index < -0.39 is 0 Å². The second-order valence-electron chi connectivity index (χ2n) is 5.30. The number of ether oxygens (including phenoxy) is 1. The van der Waals surface area contributed by atoms with E-state index in [1.54, 1.807) is 7.11 Å². The molecule has 0 N–H and O–H groups in total. The van der Waals surface area contributed by atoms with E-state index >= 15 is 0 Å². The van der Waals surface area contributed by atoms with Gasteiger partial charge in [0, 0.05) is 19.6 Å². The Morgan fingerprint density at radius 3 is 2.44 bits per heavy atom. The number of hydrogen-bond acceptors (Lipinski definition) is 3. The van der Waals surface area contributed by atoms with Gasteiger partial charge in [0.1, 0.15) is 0 Å². The van der Waals surface area contributed by atoms with Crippen molar-refractivity contribution in [1.82, 2.24) is 4.90 Å². The van der Waals surface area contributed by atoms with Gasteiger partial charge in [0.05, 0.1) is 5.54 Å². The lowest BCUT2D eigenvalue weighted by Gasteiger charge is -2.35. The van der Waals surface area contributed by atoms with Crippen molar-refractivity contribution < 1.29 is 9.53 Å². The maximum atomic E-state index is 12.4. The smallest absolute Gasteiger partial charge is 0.155 e. The minimum absolute atomic E-state index is 0.0931. The normalized spacial score (nSPS) is 20.0. The fraction of sp³-hybridized carbons (Fsp3) is 0.923. The summed E-state index contributed by atoms with van der Waals surface area (Å²) in [5.41, 5.74) is -0.302. The van der Waals surface area contributed by atoms with Gasteiger partial charge in [-0.25, -0.2) is 0 Å². The highest BCUT2D eigenvalue weighted by atomic mass is 16.5. The molecule has 0 amide bonds. The molecule has 94 valence electrons. The minimum Gasteiger partial charge on any atom is -0.385 e. The molecule has 0 aromatic heterocycles. The molecule has 0 spiro atoms. The van der Waals surface area contributed by atoms with Crippen LogP contribution < -0.4 is 0 Å². The van der Waals surface area contributed by atoms with E-state index in [1.165, 1.54) is 12.8 Å². The molecule has 1 rings (SSSR count). The molecule has 1 aliphatic rings. The number of carbonyl (C=O) groups is 1. The van der Waals surface area contributed by atoms with E-state index in [1.807, 2.05) is 6.92 Å². The number of methoxy groups -OCH3 is 1. The Labute approximate surface area is 99.1 Å². The van der Waals surface area contributed by atoms with Crippen LogP contribution in [0.25, 0.3) is 0 Å². The van der Waals surface area contributed by atoms with Crippen molar-refractivity contribution in [2.75, 3.05) is 26.8 Å². The van der Waals surface area contributed by atoms with Crippen molar-refractivity contribution in [2.45, 2.75) is 45.6 Å². The average molecular weight is 227 g/mol. The Morgan fingerprint density at radius 1 is 1.38 bits per heavy atom. The molecule has 1 fully saturated rings. The van der Waals surface area contributed by atoms with E-state index in [4.69, 9.17) is 4.74 Å². The summed E-state index contributed by atoms with van der Waals surface area (Å²) in [5, 5.41) is 0. The summed E-state index contributed by atoms with van der Waals surface area (Å²) in [7, 11) is 1.68. The van der Waals surface area contributed by atoms with Gasteiger partial charge in [0.2, 0.25) is 0 Å². The highest BCUT2D eigenvalue weighted by Crippen LogP contribution is 2.25. The van der Waals surface area contributed by atoms with Gasteiger partial charge in [-0.1, -0.05) is 6.92 Å². The van der Waals surface area contributed by atoms with Gasteiger partial charge < -0.3 is 4.74 Å². The van der Waals surface area contributed by atoms with Crippen molar-refractivity contribution in [3.8, 4) is 0 Å². The molecular formula is C13H25NO2. The molecule has 16 heavy (non-hydrogen) atoms. The van der Waals surface area contributed by atoms with Crippen LogP contribution in [-0.2, 0) is 9.53 Å². The first-order valence-corrected chi connectivity index (χ1v) is 6.28. The van der Waals surface area contributed by atoms with Crippen LogP contribution in [0.4, 0.5) is 0 Å². The fourth-order valence-electron chi connectivity index (χ4n) is 2.46. The maximum absolute atomic E-state index is 12.4. The van der Waals surface area contributed by atoms with Crippen LogP contribution in [0, 0.1) is 5.92 Å². The van der Waals surface area contributed by atoms with Crippen molar-refractivity contribution in [1.29, 1.82) is 0 Å². The third kappa shape index (κ3) is 3.05. The second-order valence-corrected chi connectivity index (χ2v) is 5.30. The number of Topliss-reactive ketones (excluding diaryl/α,β-unsaturated/α-hetero) is 1. The molecule has 1 atom stereocenters. The Bertz CT molecular complexity index is 232. The Balaban J connectivity index is 2.55. The molecular weight excluding hydrogens is 202 g/mol. The lowest BCUT2D eigenvalue weighted by molar-refractivity contribution is -0.133. The van der Waals surface area contributed by atoms with Gasteiger partial charge in [0.25, 0.3) is 0 Å². The van der Waals surface area contributed by atoms with E-state index in [0.717, 1.165) is 19.5 Å². The number of rotatable bonds is 6. The maximum Gasteiger partial charge on any atom is 0.155 e. The van der Waals surface area contributed by atoms with E-state index in [0.29, 0.717) is 12.4 Å². The van der Waals surface area contributed by atoms with Crippen molar-refractivity contribution >= 4 is 5.78 Å². The van der Waals surface area contributed by atoms with E-state index in [9.17, 15) is 4.79 Å². The van der Waals surface area contributed by atoms with Gasteiger partial charge in [-0.3, -0.25) is 9.69 Å². The summed E-state index contributed by atoms with van der Waals surface area (Å²) in [5.74, 6) is 0.446. The average Bonchev–Trinajstić information content (AvgIpc) is 2.78. The standard InChI is InChI=1S/C13H25NO2/c1-11(7-10-16-4)12(15)13(2,3)14-8-5-6-9-14/h11H,5-10H2,1-4H3. The zero-order valence-corrected chi connectivity index (χ0v) is 11.1. The topological polar surface area (TPSA) is 29.5 Å². The molecule has 1 saturated heterocycles. The molecule has 1 aliphatic heterocycles. The number of nitrogens with zero attached hydrogens (tertiary/aromatic N) is 1. The van der Waals surface area contributed by atoms with Gasteiger partial charge in [-0.2, -0.15) is 0 Å². The highest BCUT2D eigenvalue weighted by molar-refractivity contribution is 5.89. The highest BCUT2D eigenvalue weighted by Gasteiger charge is 2.37. The van der Waals surface area contributed by atoms with Crippen molar-refractivity contribution in [2.24, 2.45) is 5.92 Å². The first-order valence-electron chi connectivity index (χ1n) is 6.28. The third-order valence-electron chi connectivity index (χ3n) is 3.70. The van der Waals surface area contributed by atoms with E-state index in [-0.39, 0.29) is 11.5 Å². The SMILES string of the molecule is COCCC(C)C(=O)C(C)(C)N1CCCC1. The number of carbonyl (C=O) groups excluding carboxylic acids is 1. The van der Waals surface area contributed by atoms with Crippen LogP contribution in [0.2, 0.25) is 0 Å². The number of likely N-dealkylation sites (tertiary alicyclic amines) is 1. The second kappa shape index (κ2) is 5.78. The lowest BCUT2D eigenvalue weighted by Crippen LogP contribution is -2.50. The van der Waals surface area contributed by atoms with Crippen LogP contribution in [0.15, 0.2) is 0 Å². The van der Waals surface area contributed by atoms with Crippen molar-refractivity contribution in [3.63, 3.8) is 0 Å². The largest absolute Gasteiger partial charge is 0.385 e. The molecule has 0 aromatic carbocycles. The summed E-state index contributed by atoms with van der Waals surface area (Å²) >= 11 is 0. The molecule has 1 unspecified atom stereocenters. The van der Waals surface area contributed by atoms with Crippen LogP contribution in [0.3, 0.4) is 0 Å². The predicted octanol–water partition coefficient (Wildman–Crippen LogP) is 2.10. The molecule has 3 nitrogen and oxygen atoms in total. The molecule has 0 radical (unpaired) electrons. The third-order valence-corrected chi connectivity index (χ3v) is 3.70. The lowest BCUT2D eigenvalue weighted by atomic mass is 9.87. The fourth-order valence-corrected chi connectivity index (χ4v) is 2.46. The zero-order valence-electron chi connectivity index (χ0n) is 11.1. The van der Waals surface area contributed by atoms with Gasteiger partial charge in [0.15, 0.2) is 5.78 Å². The molecule has 0 aromatic rings. The predicted molar refractivity (Wildman–Crippen MR) is 65.6 cm³/mol. The van der Waals surface area contributed by atoms with Gasteiger partial charge in [-0.05, 0) is 46.2 Å². The van der Waals surface area contributed by atoms with Crippen molar-refractivity contribution in [3.05, 3.63) is 0 Å². The van der Waals surface area contributed by atoms with Crippen LogP contribution in [0.1, 0.15) is 40.0 Å². The Kier molecular flexibility index (Phi) is 4.93. The quantitative estimate of drug-likeness (QED) is 0.696. The zero-order chi connectivity index (χ0) is 12.2. The Morgan fingerprint density at radius 2 is 1.94 bits per heavy atom. The minimum atomic E-state index is -0.302. The molecule has 1 heterocycles. The van der Waals surface area contributed by atoms with Gasteiger partial charge in [-0.15, -0.1) is 0 Å². The molecule has 0 bridgehead atoms. The molecule has 0 aliphatic carbocycles. The van der Waals surface area contributed by atoms with Crippen LogP contribution in [0.5, 0.6) is 0 Å². The first kappa shape index (κ1) is 13.7. The summed E-state index contributed by atoms with van der Waals surface area (Å²) in [4.78, 5) is 14.7. The first-order chi connectivity index (χ1) is 7.50. The Hall–Kier alpha value is -0.410. The van der Waals surface area contributed by atoms with Crippen LogP contribution in [-0.4, -0.2) is 43.0 Å². The summed E-state index contributed by atoms with van der Waals surface area (Å²) in [6.45, 7) is 8.93. The summed E-state index contributed by atoms with van der Waals surface area (Å²) < 4.78 is 5.03. The molecule has 3 heteroatoms. The molecule has 0 saturated carbocycles.